The van der Waals surface area contributed by atoms with Crippen LogP contribution in [0.25, 0.3) is 0 Å². The van der Waals surface area contributed by atoms with Crippen molar-refractivity contribution in [3.8, 4) is 0 Å². The van der Waals surface area contributed by atoms with Gasteiger partial charge in [-0.05, 0) is 64.7 Å². The minimum absolute atomic E-state index is 0. The number of carbonyl (C=O) groups is 1. The fourth-order valence-electron chi connectivity index (χ4n) is 4.37. The van der Waals surface area contributed by atoms with E-state index in [1.165, 1.54) is 58.0 Å². The Labute approximate surface area is 153 Å². The van der Waals surface area contributed by atoms with Gasteiger partial charge in [-0.1, -0.05) is 19.3 Å². The molecule has 1 amide bonds. The highest BCUT2D eigenvalue weighted by atomic mass is 35.5. The van der Waals surface area contributed by atoms with Crippen molar-refractivity contribution in [1.82, 2.24) is 15.5 Å². The zero-order chi connectivity index (χ0) is 14.5. The summed E-state index contributed by atoms with van der Waals surface area (Å²) in [6.45, 7) is 5.54. The third-order valence-electron chi connectivity index (χ3n) is 5.63. The maximum atomic E-state index is 12.7. The van der Waals surface area contributed by atoms with Gasteiger partial charge in [0.1, 0.15) is 0 Å². The highest BCUT2D eigenvalue weighted by Crippen LogP contribution is 2.31. The van der Waals surface area contributed by atoms with Crippen LogP contribution in [0.3, 0.4) is 0 Å². The third-order valence-corrected chi connectivity index (χ3v) is 5.63. The zero-order valence-electron chi connectivity index (χ0n) is 14.1. The Kier molecular flexibility index (Phi) is 9.20. The molecule has 0 aromatic heterocycles. The molecule has 2 saturated heterocycles. The molecule has 0 radical (unpaired) electrons. The molecule has 23 heavy (non-hydrogen) atoms. The normalized spacial score (nSPS) is 25.2. The molecule has 2 N–H and O–H groups in total. The summed E-state index contributed by atoms with van der Waals surface area (Å²) >= 11 is 0. The first-order valence-electron chi connectivity index (χ1n) is 9.03. The number of hydrogen-bond acceptors (Lipinski definition) is 3. The minimum Gasteiger partial charge on any atom is -0.349 e. The monoisotopic (exact) mass is 365 g/mol. The van der Waals surface area contributed by atoms with Gasteiger partial charge in [0.05, 0.1) is 5.54 Å². The van der Waals surface area contributed by atoms with E-state index in [4.69, 9.17) is 0 Å². The molecule has 4 nitrogen and oxygen atoms in total. The molecule has 1 saturated carbocycles. The van der Waals surface area contributed by atoms with E-state index in [0.717, 1.165) is 32.5 Å². The summed E-state index contributed by atoms with van der Waals surface area (Å²) < 4.78 is 0. The zero-order valence-corrected chi connectivity index (χ0v) is 15.8. The quantitative estimate of drug-likeness (QED) is 0.804. The predicted molar refractivity (Wildman–Crippen MR) is 99.7 cm³/mol. The predicted octanol–water partition coefficient (Wildman–Crippen LogP) is 2.74. The molecule has 0 spiro atoms. The second kappa shape index (κ2) is 10.1. The first kappa shape index (κ1) is 21.0. The Balaban J connectivity index is 0.00000132. The number of hydrogen-bond donors (Lipinski definition) is 2. The van der Waals surface area contributed by atoms with Gasteiger partial charge < -0.3 is 15.5 Å². The van der Waals surface area contributed by atoms with Gasteiger partial charge in [-0.2, -0.15) is 0 Å². The second-order valence-electron chi connectivity index (χ2n) is 7.34. The lowest BCUT2D eigenvalue weighted by Gasteiger charge is -2.42. The number of halogens is 2. The Morgan fingerprint density at radius 2 is 1.61 bits per heavy atom. The van der Waals surface area contributed by atoms with E-state index in [1.54, 1.807) is 0 Å². The molecule has 2 heterocycles. The average Bonchev–Trinajstić information content (AvgIpc) is 3.01. The van der Waals surface area contributed by atoms with Crippen molar-refractivity contribution in [1.29, 1.82) is 0 Å². The van der Waals surface area contributed by atoms with Gasteiger partial charge in [0, 0.05) is 12.5 Å². The van der Waals surface area contributed by atoms with Gasteiger partial charge in [0.2, 0.25) is 5.91 Å². The van der Waals surface area contributed by atoms with E-state index in [-0.39, 0.29) is 36.3 Å². The standard InChI is InChI=1S/C17H31N3O.2ClH/c21-16(15-6-10-18-11-7-15)19-17(8-2-1-3-9-17)14-20-12-4-5-13-20;;/h15,18H,1-14H2,(H,19,21);2*1H. The molecule has 3 fully saturated rings. The summed E-state index contributed by atoms with van der Waals surface area (Å²) in [6.07, 6.45) is 10.9. The van der Waals surface area contributed by atoms with Crippen molar-refractivity contribution in [3.05, 3.63) is 0 Å². The third kappa shape index (κ3) is 5.77. The van der Waals surface area contributed by atoms with E-state index >= 15 is 0 Å². The lowest BCUT2D eigenvalue weighted by molar-refractivity contribution is -0.128. The van der Waals surface area contributed by atoms with Crippen LogP contribution in [0.2, 0.25) is 0 Å². The van der Waals surface area contributed by atoms with E-state index in [2.05, 4.69) is 15.5 Å². The molecule has 2 aliphatic heterocycles. The van der Waals surface area contributed by atoms with Crippen molar-refractivity contribution in [3.63, 3.8) is 0 Å². The van der Waals surface area contributed by atoms with Crippen LogP contribution in [0.5, 0.6) is 0 Å². The number of likely N-dealkylation sites (tertiary alicyclic amines) is 1. The summed E-state index contributed by atoms with van der Waals surface area (Å²) in [4.78, 5) is 15.3. The smallest absolute Gasteiger partial charge is 0.223 e. The molecule has 0 aromatic carbocycles. The molecule has 1 aliphatic carbocycles. The number of nitrogens with zero attached hydrogens (tertiary/aromatic N) is 1. The van der Waals surface area contributed by atoms with E-state index in [9.17, 15) is 4.79 Å². The van der Waals surface area contributed by atoms with Crippen LogP contribution in [0.4, 0.5) is 0 Å². The molecular weight excluding hydrogens is 333 g/mol. The maximum absolute atomic E-state index is 12.7. The van der Waals surface area contributed by atoms with Gasteiger partial charge in [0.25, 0.3) is 0 Å². The number of carbonyl (C=O) groups excluding carboxylic acids is 1. The Morgan fingerprint density at radius 1 is 1.00 bits per heavy atom. The first-order chi connectivity index (χ1) is 10.3. The molecule has 3 aliphatic rings. The molecule has 0 aromatic rings. The van der Waals surface area contributed by atoms with Crippen LogP contribution in [0.1, 0.15) is 57.8 Å². The largest absolute Gasteiger partial charge is 0.349 e. The van der Waals surface area contributed by atoms with Crippen LogP contribution in [-0.2, 0) is 4.79 Å². The maximum Gasteiger partial charge on any atom is 0.223 e. The van der Waals surface area contributed by atoms with E-state index in [1.807, 2.05) is 0 Å². The Bertz CT molecular complexity index is 350. The molecular formula is C17H33Cl2N3O. The van der Waals surface area contributed by atoms with Gasteiger partial charge in [-0.25, -0.2) is 0 Å². The molecule has 6 heteroatoms. The highest BCUT2D eigenvalue weighted by Gasteiger charge is 2.37. The van der Waals surface area contributed by atoms with Crippen molar-refractivity contribution < 1.29 is 4.79 Å². The van der Waals surface area contributed by atoms with Crippen LogP contribution in [0, 0.1) is 5.92 Å². The number of piperidine rings is 1. The summed E-state index contributed by atoms with van der Waals surface area (Å²) in [5.74, 6) is 0.571. The van der Waals surface area contributed by atoms with Crippen molar-refractivity contribution in [2.75, 3.05) is 32.7 Å². The molecule has 0 bridgehead atoms. The van der Waals surface area contributed by atoms with Crippen LogP contribution >= 0.6 is 24.8 Å². The Hall–Kier alpha value is -0.0300. The van der Waals surface area contributed by atoms with Gasteiger partial charge >= 0.3 is 0 Å². The lowest BCUT2D eigenvalue weighted by Crippen LogP contribution is -2.58. The van der Waals surface area contributed by atoms with Gasteiger partial charge in [-0.3, -0.25) is 4.79 Å². The van der Waals surface area contributed by atoms with Crippen LogP contribution in [0.15, 0.2) is 0 Å². The summed E-state index contributed by atoms with van der Waals surface area (Å²) in [5.41, 5.74) is 0.0740. The van der Waals surface area contributed by atoms with Crippen LogP contribution in [-0.4, -0.2) is 49.1 Å². The lowest BCUT2D eigenvalue weighted by atomic mass is 9.80. The van der Waals surface area contributed by atoms with Crippen molar-refractivity contribution in [2.24, 2.45) is 5.92 Å². The van der Waals surface area contributed by atoms with Crippen molar-refractivity contribution >= 4 is 30.7 Å². The van der Waals surface area contributed by atoms with Crippen molar-refractivity contribution in [2.45, 2.75) is 63.3 Å². The fraction of sp³-hybridized carbons (Fsp3) is 0.941. The second-order valence-corrected chi connectivity index (χ2v) is 7.34. The fourth-order valence-corrected chi connectivity index (χ4v) is 4.37. The minimum atomic E-state index is 0. The molecule has 136 valence electrons. The topological polar surface area (TPSA) is 44.4 Å². The summed E-state index contributed by atoms with van der Waals surface area (Å²) in [7, 11) is 0. The van der Waals surface area contributed by atoms with Gasteiger partial charge in [-0.15, -0.1) is 24.8 Å². The van der Waals surface area contributed by atoms with Crippen LogP contribution < -0.4 is 10.6 Å². The highest BCUT2D eigenvalue weighted by molar-refractivity contribution is 5.85. The molecule has 0 atom stereocenters. The Morgan fingerprint density at radius 3 is 2.22 bits per heavy atom. The number of amides is 1. The molecule has 0 unspecified atom stereocenters. The number of rotatable bonds is 4. The molecule has 3 rings (SSSR count). The summed E-state index contributed by atoms with van der Waals surface area (Å²) in [5, 5.41) is 6.87. The average molecular weight is 366 g/mol. The van der Waals surface area contributed by atoms with Gasteiger partial charge in [0.15, 0.2) is 0 Å². The van der Waals surface area contributed by atoms with E-state index in [0.29, 0.717) is 5.91 Å². The van der Waals surface area contributed by atoms with E-state index < -0.39 is 0 Å². The summed E-state index contributed by atoms with van der Waals surface area (Å²) in [6, 6.07) is 0. The number of nitrogens with one attached hydrogen (secondary N) is 2. The first-order valence-corrected chi connectivity index (χ1v) is 9.03. The SMILES string of the molecule is Cl.Cl.O=C(NC1(CN2CCCC2)CCCCC1)C1CCNCC1.